The fraction of sp³-hybridized carbons (Fsp3) is 0.316. The Balaban J connectivity index is 0.00000256. The molecule has 1 aromatic carbocycles. The van der Waals surface area contributed by atoms with E-state index in [1.165, 1.54) is 17.4 Å². The zero-order valence-corrected chi connectivity index (χ0v) is 20.8. The van der Waals surface area contributed by atoms with Crippen molar-refractivity contribution >= 4 is 77.1 Å². The molecule has 13 heteroatoms. The number of amides is 2. The summed E-state index contributed by atoms with van der Waals surface area (Å²) in [6.45, 7) is 4.22. The summed E-state index contributed by atoms with van der Waals surface area (Å²) in [6.07, 6.45) is 0. The van der Waals surface area contributed by atoms with Crippen LogP contribution in [0.2, 0.25) is 8.67 Å². The number of hydrogen-bond acceptors (Lipinski definition) is 5. The van der Waals surface area contributed by atoms with E-state index >= 15 is 0 Å². The Kier molecular flexibility index (Phi) is 11.7. The molecule has 1 aliphatic heterocycles. The maximum atomic E-state index is 12.7. The van der Waals surface area contributed by atoms with E-state index in [-0.39, 0.29) is 42.2 Å². The molecule has 1 aromatic heterocycles. The molecule has 5 N–H and O–H groups in total. The van der Waals surface area contributed by atoms with Gasteiger partial charge in [-0.15, -0.1) is 36.2 Å². The Morgan fingerprint density at radius 3 is 2.34 bits per heavy atom. The predicted octanol–water partition coefficient (Wildman–Crippen LogP) is 3.04. The number of carbonyl (C=O) groups excluding carboxylic acids is 2. The molecule has 0 unspecified atom stereocenters. The van der Waals surface area contributed by atoms with Gasteiger partial charge in [0, 0.05) is 42.9 Å². The van der Waals surface area contributed by atoms with Crippen LogP contribution in [0.3, 0.4) is 0 Å². The van der Waals surface area contributed by atoms with Crippen molar-refractivity contribution in [3.63, 3.8) is 0 Å². The number of aliphatic imine (C=N–C) groups is 1. The summed E-state index contributed by atoms with van der Waals surface area (Å²) >= 11 is 13.5. The van der Waals surface area contributed by atoms with E-state index in [1.807, 2.05) is 0 Å². The summed E-state index contributed by atoms with van der Waals surface area (Å²) in [5, 5.41) is 2.88. The van der Waals surface area contributed by atoms with Gasteiger partial charge >= 0.3 is 0 Å². The van der Waals surface area contributed by atoms with Gasteiger partial charge in [0.1, 0.15) is 4.34 Å². The van der Waals surface area contributed by atoms with Gasteiger partial charge in [-0.05, 0) is 29.8 Å². The van der Waals surface area contributed by atoms with Gasteiger partial charge in [0.25, 0.3) is 11.8 Å². The van der Waals surface area contributed by atoms with Gasteiger partial charge in [0.05, 0.1) is 17.6 Å². The minimum atomic E-state index is -0.656. The number of ether oxygens (including phenoxy) is 1. The molecule has 1 fully saturated rings. The molecule has 0 radical (unpaired) electrons. The van der Waals surface area contributed by atoms with Crippen LogP contribution >= 0.6 is 59.4 Å². The standard InChI is InChI=1S/C19H21Cl2N5O3S.2ClH/c20-15-10-14(16(21)30-15)11-7-12(9-13(8-11)18(28)25-19(22)23)17(27)24-1-2-26-3-5-29-6-4-26;;/h7-10H,1-6H2,(H,24,27)(H4,22,23,25,28);2*1H. The highest BCUT2D eigenvalue weighted by molar-refractivity contribution is 7.20. The summed E-state index contributed by atoms with van der Waals surface area (Å²) in [6, 6.07) is 6.35. The van der Waals surface area contributed by atoms with Crippen molar-refractivity contribution in [3.05, 3.63) is 44.1 Å². The second kappa shape index (κ2) is 13.2. The van der Waals surface area contributed by atoms with Crippen LogP contribution in [0, 0.1) is 0 Å². The van der Waals surface area contributed by atoms with Gasteiger partial charge in [-0.2, -0.15) is 4.99 Å². The molecule has 0 spiro atoms. The lowest BCUT2D eigenvalue weighted by Gasteiger charge is -2.26. The molecule has 1 aliphatic rings. The first-order valence-electron chi connectivity index (χ1n) is 9.16. The largest absolute Gasteiger partial charge is 0.379 e. The molecule has 3 rings (SSSR count). The lowest BCUT2D eigenvalue weighted by atomic mass is 10.0. The SMILES string of the molecule is Cl.Cl.NC(N)=NC(=O)c1cc(C(=O)NCCN2CCOCC2)cc(-c2cc(Cl)sc2Cl)c1. The number of thiophene rings is 1. The van der Waals surface area contributed by atoms with Gasteiger partial charge < -0.3 is 21.5 Å². The normalized spacial score (nSPS) is 13.4. The smallest absolute Gasteiger partial charge is 0.280 e. The number of nitrogens with zero attached hydrogens (tertiary/aromatic N) is 2. The van der Waals surface area contributed by atoms with Crippen LogP contribution in [0.5, 0.6) is 0 Å². The molecule has 0 bridgehead atoms. The molecule has 0 atom stereocenters. The number of hydrogen-bond donors (Lipinski definition) is 3. The van der Waals surface area contributed by atoms with E-state index in [1.54, 1.807) is 18.2 Å². The molecule has 0 saturated carbocycles. The Morgan fingerprint density at radius 1 is 1.09 bits per heavy atom. The third-order valence-electron chi connectivity index (χ3n) is 4.46. The lowest BCUT2D eigenvalue weighted by Crippen LogP contribution is -2.41. The third-order valence-corrected chi connectivity index (χ3v) is 5.95. The average molecular weight is 543 g/mol. The third kappa shape index (κ3) is 7.77. The topological polar surface area (TPSA) is 123 Å². The molecule has 2 heterocycles. The zero-order chi connectivity index (χ0) is 21.7. The molecule has 8 nitrogen and oxygen atoms in total. The van der Waals surface area contributed by atoms with Gasteiger partial charge in [-0.1, -0.05) is 23.2 Å². The molecule has 0 aliphatic carbocycles. The van der Waals surface area contributed by atoms with E-state index in [9.17, 15) is 9.59 Å². The van der Waals surface area contributed by atoms with E-state index in [4.69, 9.17) is 39.4 Å². The highest BCUT2D eigenvalue weighted by Gasteiger charge is 2.17. The minimum absolute atomic E-state index is 0. The highest BCUT2D eigenvalue weighted by Crippen LogP contribution is 2.38. The predicted molar refractivity (Wildman–Crippen MR) is 134 cm³/mol. The fourth-order valence-corrected chi connectivity index (χ4v) is 4.52. The monoisotopic (exact) mass is 541 g/mol. The molecule has 2 amide bonds. The van der Waals surface area contributed by atoms with Crippen molar-refractivity contribution in [2.45, 2.75) is 0 Å². The molecular weight excluding hydrogens is 520 g/mol. The quantitative estimate of drug-likeness (QED) is 0.381. The first-order valence-corrected chi connectivity index (χ1v) is 10.7. The van der Waals surface area contributed by atoms with Crippen molar-refractivity contribution in [2.75, 3.05) is 39.4 Å². The van der Waals surface area contributed by atoms with Crippen molar-refractivity contribution in [3.8, 4) is 11.1 Å². The van der Waals surface area contributed by atoms with Gasteiger partial charge in [0.15, 0.2) is 5.96 Å². The van der Waals surface area contributed by atoms with Crippen LogP contribution in [0.4, 0.5) is 0 Å². The van der Waals surface area contributed by atoms with E-state index < -0.39 is 5.91 Å². The van der Waals surface area contributed by atoms with E-state index in [0.29, 0.717) is 51.7 Å². The lowest BCUT2D eigenvalue weighted by molar-refractivity contribution is 0.0383. The van der Waals surface area contributed by atoms with E-state index in [0.717, 1.165) is 13.1 Å². The number of morpholine rings is 1. The minimum Gasteiger partial charge on any atom is -0.379 e. The molecular formula is C19H23Cl4N5O3S. The molecule has 2 aromatic rings. The van der Waals surface area contributed by atoms with Crippen LogP contribution in [-0.4, -0.2) is 62.1 Å². The van der Waals surface area contributed by atoms with Crippen molar-refractivity contribution in [2.24, 2.45) is 16.5 Å². The number of carbonyl (C=O) groups is 2. The maximum Gasteiger partial charge on any atom is 0.280 e. The Hall–Kier alpha value is -1.59. The van der Waals surface area contributed by atoms with Crippen molar-refractivity contribution < 1.29 is 14.3 Å². The Morgan fingerprint density at radius 2 is 1.75 bits per heavy atom. The summed E-state index contributed by atoms with van der Waals surface area (Å²) in [5.41, 5.74) is 12.3. The van der Waals surface area contributed by atoms with Gasteiger partial charge in [-0.25, -0.2) is 0 Å². The highest BCUT2D eigenvalue weighted by atomic mass is 35.5. The Labute approximate surface area is 212 Å². The van der Waals surface area contributed by atoms with Gasteiger partial charge in [-0.3, -0.25) is 14.5 Å². The van der Waals surface area contributed by atoms with Crippen LogP contribution in [-0.2, 0) is 4.74 Å². The number of guanidine groups is 1. The summed E-state index contributed by atoms with van der Waals surface area (Å²) in [7, 11) is 0. The maximum absolute atomic E-state index is 12.7. The zero-order valence-electron chi connectivity index (χ0n) is 16.8. The first kappa shape index (κ1) is 28.4. The summed E-state index contributed by atoms with van der Waals surface area (Å²) in [4.78, 5) is 30.9. The molecule has 176 valence electrons. The van der Waals surface area contributed by atoms with Crippen molar-refractivity contribution in [1.82, 2.24) is 10.2 Å². The summed E-state index contributed by atoms with van der Waals surface area (Å²) < 4.78 is 6.26. The number of halogens is 4. The van der Waals surface area contributed by atoms with Crippen LogP contribution in [0.15, 0.2) is 29.3 Å². The number of nitrogens with two attached hydrogens (primary N) is 2. The van der Waals surface area contributed by atoms with Crippen LogP contribution in [0.1, 0.15) is 20.7 Å². The van der Waals surface area contributed by atoms with Crippen molar-refractivity contribution in [1.29, 1.82) is 0 Å². The Bertz CT molecular complexity index is 976. The number of rotatable bonds is 6. The van der Waals surface area contributed by atoms with Gasteiger partial charge in [0.2, 0.25) is 0 Å². The van der Waals surface area contributed by atoms with Crippen LogP contribution in [0.25, 0.3) is 11.1 Å². The fourth-order valence-electron chi connectivity index (χ4n) is 3.01. The molecule has 1 saturated heterocycles. The summed E-state index contributed by atoms with van der Waals surface area (Å²) in [5.74, 6) is -1.34. The number of nitrogens with one attached hydrogen (secondary N) is 1. The average Bonchev–Trinajstić information content (AvgIpc) is 3.06. The number of benzene rings is 1. The second-order valence-electron chi connectivity index (χ2n) is 6.59. The molecule has 32 heavy (non-hydrogen) atoms. The second-order valence-corrected chi connectivity index (χ2v) is 8.87. The van der Waals surface area contributed by atoms with E-state index in [2.05, 4.69) is 15.2 Å². The van der Waals surface area contributed by atoms with Crippen LogP contribution < -0.4 is 16.8 Å². The first-order chi connectivity index (χ1) is 14.3.